The van der Waals surface area contributed by atoms with E-state index >= 15 is 0 Å². The lowest BCUT2D eigenvalue weighted by Crippen LogP contribution is -2.32. The third-order valence-corrected chi connectivity index (χ3v) is 5.18. The molecular formula is C19H25N3O4S. The summed E-state index contributed by atoms with van der Waals surface area (Å²) in [5.41, 5.74) is 0.839. The fourth-order valence-corrected chi connectivity index (χ4v) is 3.39. The monoisotopic (exact) mass is 391 g/mol. The van der Waals surface area contributed by atoms with Crippen LogP contribution in [-0.2, 0) is 10.0 Å². The highest BCUT2D eigenvalue weighted by Crippen LogP contribution is 2.19. The first kappa shape index (κ1) is 20.7. The average molecular weight is 391 g/mol. The molecule has 0 aromatic heterocycles. The lowest BCUT2D eigenvalue weighted by molar-refractivity contribution is 0.0954. The van der Waals surface area contributed by atoms with E-state index in [4.69, 9.17) is 4.74 Å². The van der Waals surface area contributed by atoms with Crippen LogP contribution in [0.5, 0.6) is 5.75 Å². The molecule has 0 spiro atoms. The van der Waals surface area contributed by atoms with Crippen LogP contribution < -0.4 is 20.1 Å². The third-order valence-electron chi connectivity index (χ3n) is 3.78. The number of sulfonamides is 1. The molecule has 8 heteroatoms. The first-order chi connectivity index (χ1) is 13.0. The molecule has 0 saturated carbocycles. The number of benzene rings is 2. The van der Waals surface area contributed by atoms with E-state index in [1.165, 1.54) is 24.3 Å². The van der Waals surface area contributed by atoms with E-state index < -0.39 is 10.0 Å². The lowest BCUT2D eigenvalue weighted by Gasteiger charge is -2.10. The zero-order valence-corrected chi connectivity index (χ0v) is 16.3. The van der Waals surface area contributed by atoms with Gasteiger partial charge in [0.1, 0.15) is 5.75 Å². The molecule has 0 saturated heterocycles. The third kappa shape index (κ3) is 6.26. The number of hydrogen-bond donors (Lipinski definition) is 3. The molecular weight excluding hydrogens is 366 g/mol. The molecule has 7 nitrogen and oxygen atoms in total. The summed E-state index contributed by atoms with van der Waals surface area (Å²) < 4.78 is 32.5. The number of anilines is 1. The van der Waals surface area contributed by atoms with Crippen molar-refractivity contribution in [3.8, 4) is 5.75 Å². The van der Waals surface area contributed by atoms with E-state index in [9.17, 15) is 13.2 Å². The van der Waals surface area contributed by atoms with Crippen LogP contribution in [0, 0.1) is 0 Å². The van der Waals surface area contributed by atoms with Crippen molar-refractivity contribution in [2.75, 3.05) is 31.5 Å². The Balaban J connectivity index is 1.96. The van der Waals surface area contributed by atoms with Gasteiger partial charge in [0, 0.05) is 24.3 Å². The number of ether oxygens (including phenoxy) is 1. The van der Waals surface area contributed by atoms with Crippen LogP contribution in [0.25, 0.3) is 0 Å². The van der Waals surface area contributed by atoms with Gasteiger partial charge < -0.3 is 15.4 Å². The molecule has 2 aromatic rings. The number of methoxy groups -OCH3 is 1. The number of carbonyl (C=O) groups is 1. The Kier molecular flexibility index (Phi) is 7.63. The Morgan fingerprint density at radius 1 is 0.963 bits per heavy atom. The van der Waals surface area contributed by atoms with Crippen molar-refractivity contribution in [3.63, 3.8) is 0 Å². The maximum Gasteiger partial charge on any atom is 0.261 e. The molecule has 0 atom stereocenters. The zero-order valence-electron chi connectivity index (χ0n) is 15.5. The highest BCUT2D eigenvalue weighted by molar-refractivity contribution is 7.92. The second-order valence-electron chi connectivity index (χ2n) is 5.86. The second-order valence-corrected chi connectivity index (χ2v) is 7.55. The smallest absolute Gasteiger partial charge is 0.261 e. The molecule has 0 bridgehead atoms. The van der Waals surface area contributed by atoms with Gasteiger partial charge in [-0.3, -0.25) is 9.52 Å². The SMILES string of the molecule is CCCNCCNC(=O)c1ccc(S(=O)(=O)Nc2ccc(OC)cc2)cc1. The first-order valence-corrected chi connectivity index (χ1v) is 10.2. The standard InChI is InChI=1S/C19H25N3O4S/c1-3-12-20-13-14-21-19(23)15-4-10-18(11-5-15)27(24,25)22-16-6-8-17(26-2)9-7-16/h4-11,20,22H,3,12-14H2,1-2H3,(H,21,23). The van der Waals surface area contributed by atoms with Gasteiger partial charge in [0.15, 0.2) is 0 Å². The minimum atomic E-state index is -3.74. The van der Waals surface area contributed by atoms with Crippen LogP contribution >= 0.6 is 0 Å². The van der Waals surface area contributed by atoms with Crippen LogP contribution in [0.3, 0.4) is 0 Å². The molecule has 0 radical (unpaired) electrons. The van der Waals surface area contributed by atoms with Gasteiger partial charge in [-0.1, -0.05) is 6.92 Å². The zero-order chi connectivity index (χ0) is 19.7. The summed E-state index contributed by atoms with van der Waals surface area (Å²) in [4.78, 5) is 12.2. The topological polar surface area (TPSA) is 96.5 Å². The highest BCUT2D eigenvalue weighted by atomic mass is 32.2. The van der Waals surface area contributed by atoms with E-state index in [0.29, 0.717) is 30.1 Å². The van der Waals surface area contributed by atoms with E-state index in [0.717, 1.165) is 13.0 Å². The molecule has 2 aromatic carbocycles. The van der Waals surface area contributed by atoms with Crippen LogP contribution in [0.15, 0.2) is 53.4 Å². The van der Waals surface area contributed by atoms with E-state index in [2.05, 4.69) is 22.3 Å². The Morgan fingerprint density at radius 2 is 1.63 bits per heavy atom. The molecule has 27 heavy (non-hydrogen) atoms. The second kappa shape index (κ2) is 9.94. The predicted octanol–water partition coefficient (Wildman–Crippen LogP) is 2.23. The van der Waals surface area contributed by atoms with Crippen molar-refractivity contribution in [2.24, 2.45) is 0 Å². The van der Waals surface area contributed by atoms with Crippen molar-refractivity contribution in [2.45, 2.75) is 18.2 Å². The van der Waals surface area contributed by atoms with Crippen LogP contribution in [0.4, 0.5) is 5.69 Å². The van der Waals surface area contributed by atoms with Crippen LogP contribution in [-0.4, -0.2) is 41.1 Å². The van der Waals surface area contributed by atoms with Gasteiger partial charge in [-0.15, -0.1) is 0 Å². The normalized spacial score (nSPS) is 11.0. The summed E-state index contributed by atoms with van der Waals surface area (Å²) in [6.45, 7) is 4.18. The number of hydrogen-bond acceptors (Lipinski definition) is 5. The molecule has 0 aliphatic heterocycles. The summed E-state index contributed by atoms with van der Waals surface area (Å²) in [5, 5.41) is 5.98. The van der Waals surface area contributed by atoms with Crippen molar-refractivity contribution in [1.29, 1.82) is 0 Å². The lowest BCUT2D eigenvalue weighted by atomic mass is 10.2. The molecule has 1 amide bonds. The van der Waals surface area contributed by atoms with E-state index in [1.54, 1.807) is 31.4 Å². The van der Waals surface area contributed by atoms with E-state index in [1.807, 2.05) is 0 Å². The van der Waals surface area contributed by atoms with Crippen LogP contribution in [0.1, 0.15) is 23.7 Å². The Morgan fingerprint density at radius 3 is 2.22 bits per heavy atom. The van der Waals surface area contributed by atoms with Gasteiger partial charge in [0.2, 0.25) is 0 Å². The molecule has 0 fully saturated rings. The highest BCUT2D eigenvalue weighted by Gasteiger charge is 2.15. The van der Waals surface area contributed by atoms with Gasteiger partial charge in [-0.2, -0.15) is 0 Å². The van der Waals surface area contributed by atoms with Crippen molar-refractivity contribution >= 4 is 21.6 Å². The fraction of sp³-hybridized carbons (Fsp3) is 0.316. The first-order valence-electron chi connectivity index (χ1n) is 8.72. The Labute approximate surface area is 160 Å². The summed E-state index contributed by atoms with van der Waals surface area (Å²) in [6.07, 6.45) is 1.04. The van der Waals surface area contributed by atoms with Gasteiger partial charge in [-0.05, 0) is 61.5 Å². The van der Waals surface area contributed by atoms with Crippen molar-refractivity contribution in [1.82, 2.24) is 10.6 Å². The number of carbonyl (C=O) groups excluding carboxylic acids is 1. The molecule has 2 rings (SSSR count). The Bertz CT molecular complexity index is 834. The minimum absolute atomic E-state index is 0.0829. The van der Waals surface area contributed by atoms with Crippen molar-refractivity contribution in [3.05, 3.63) is 54.1 Å². The minimum Gasteiger partial charge on any atom is -0.497 e. The van der Waals surface area contributed by atoms with E-state index in [-0.39, 0.29) is 10.8 Å². The molecule has 146 valence electrons. The molecule has 3 N–H and O–H groups in total. The van der Waals surface area contributed by atoms with Gasteiger partial charge >= 0.3 is 0 Å². The maximum absolute atomic E-state index is 12.5. The van der Waals surface area contributed by atoms with Crippen LogP contribution in [0.2, 0.25) is 0 Å². The summed E-state index contributed by atoms with van der Waals surface area (Å²) in [6, 6.07) is 12.4. The van der Waals surface area contributed by atoms with Gasteiger partial charge in [0.25, 0.3) is 15.9 Å². The van der Waals surface area contributed by atoms with Gasteiger partial charge in [0.05, 0.1) is 12.0 Å². The molecule has 0 aliphatic carbocycles. The summed E-state index contributed by atoms with van der Waals surface area (Å²) in [7, 11) is -2.19. The molecule has 0 aliphatic rings. The molecule has 0 heterocycles. The fourth-order valence-electron chi connectivity index (χ4n) is 2.33. The molecule has 0 unspecified atom stereocenters. The quantitative estimate of drug-likeness (QED) is 0.540. The summed E-state index contributed by atoms with van der Waals surface area (Å²) in [5.74, 6) is 0.401. The number of rotatable bonds is 10. The predicted molar refractivity (Wildman–Crippen MR) is 106 cm³/mol. The number of nitrogens with one attached hydrogen (secondary N) is 3. The number of amides is 1. The average Bonchev–Trinajstić information content (AvgIpc) is 2.68. The van der Waals surface area contributed by atoms with Gasteiger partial charge in [-0.25, -0.2) is 8.42 Å². The van der Waals surface area contributed by atoms with Crippen molar-refractivity contribution < 1.29 is 17.9 Å². The Hall–Kier alpha value is -2.58. The summed E-state index contributed by atoms with van der Waals surface area (Å²) >= 11 is 0. The largest absolute Gasteiger partial charge is 0.497 e. The maximum atomic E-state index is 12.5.